The van der Waals surface area contributed by atoms with Crippen molar-refractivity contribution in [1.82, 2.24) is 9.97 Å². The number of anilines is 1. The van der Waals surface area contributed by atoms with Gasteiger partial charge in [0.1, 0.15) is 5.75 Å². The van der Waals surface area contributed by atoms with Crippen molar-refractivity contribution in [2.45, 2.75) is 25.7 Å². The van der Waals surface area contributed by atoms with Crippen LogP contribution in [0.15, 0.2) is 24.3 Å². The maximum Gasteiger partial charge on any atom is 0.220 e. The van der Waals surface area contributed by atoms with Gasteiger partial charge in [0.15, 0.2) is 5.78 Å². The molecule has 0 aliphatic heterocycles. The molecule has 5 heteroatoms. The van der Waals surface area contributed by atoms with Crippen molar-refractivity contribution < 1.29 is 9.53 Å². The van der Waals surface area contributed by atoms with Crippen LogP contribution >= 0.6 is 0 Å². The molecular formula is C16H17N3O2. The molecule has 3 rings (SSSR count). The van der Waals surface area contributed by atoms with Gasteiger partial charge >= 0.3 is 0 Å². The molecule has 0 spiro atoms. The molecule has 0 saturated heterocycles. The number of carbonyl (C=O) groups excluding carboxylic acids is 1. The molecule has 1 heterocycles. The van der Waals surface area contributed by atoms with Crippen LogP contribution in [0.25, 0.3) is 0 Å². The van der Waals surface area contributed by atoms with Gasteiger partial charge in [0.05, 0.1) is 24.1 Å². The smallest absolute Gasteiger partial charge is 0.220 e. The van der Waals surface area contributed by atoms with Crippen molar-refractivity contribution in [1.29, 1.82) is 0 Å². The molecule has 0 bridgehead atoms. The van der Waals surface area contributed by atoms with Crippen LogP contribution in [0.4, 0.5) is 5.95 Å². The van der Waals surface area contributed by atoms with Crippen molar-refractivity contribution in [2.75, 3.05) is 12.8 Å². The van der Waals surface area contributed by atoms with Crippen LogP contribution in [-0.2, 0) is 6.42 Å². The number of carbonyl (C=O) groups is 1. The number of fused-ring (bicyclic) bond motifs is 1. The number of rotatable bonds is 2. The highest BCUT2D eigenvalue weighted by Gasteiger charge is 2.30. The standard InChI is InChI=1S/C16H17N3O2/c1-9-15-12(19-16(17)18-9)7-10(8-13(15)20)11-5-3-4-6-14(11)21-2/h3-6,10H,7-8H2,1-2H3,(H2,17,18,19). The topological polar surface area (TPSA) is 78.1 Å². The van der Waals surface area contributed by atoms with Crippen LogP contribution < -0.4 is 10.5 Å². The number of para-hydroxylation sites is 1. The highest BCUT2D eigenvalue weighted by Crippen LogP contribution is 2.36. The number of benzene rings is 1. The summed E-state index contributed by atoms with van der Waals surface area (Å²) in [5, 5.41) is 0. The van der Waals surface area contributed by atoms with E-state index in [0.29, 0.717) is 24.1 Å². The number of aromatic nitrogens is 2. The number of ether oxygens (including phenoxy) is 1. The summed E-state index contributed by atoms with van der Waals surface area (Å²) in [4.78, 5) is 20.8. The number of hydrogen-bond donors (Lipinski definition) is 1. The predicted octanol–water partition coefficient (Wildman–Crippen LogP) is 2.29. The summed E-state index contributed by atoms with van der Waals surface area (Å²) in [6, 6.07) is 7.79. The number of nitrogens with two attached hydrogens (primary N) is 1. The van der Waals surface area contributed by atoms with Crippen molar-refractivity contribution in [2.24, 2.45) is 0 Å². The lowest BCUT2D eigenvalue weighted by Crippen LogP contribution is -2.23. The molecule has 2 aromatic rings. The zero-order valence-electron chi connectivity index (χ0n) is 12.1. The van der Waals surface area contributed by atoms with Gasteiger partial charge in [0.2, 0.25) is 5.95 Å². The van der Waals surface area contributed by atoms with Gasteiger partial charge in [0.25, 0.3) is 0 Å². The first-order chi connectivity index (χ1) is 10.1. The SMILES string of the molecule is COc1ccccc1C1CC(=O)c2c(C)nc(N)nc2C1. The Kier molecular flexibility index (Phi) is 3.33. The van der Waals surface area contributed by atoms with E-state index in [1.165, 1.54) is 0 Å². The Hall–Kier alpha value is -2.43. The maximum atomic E-state index is 12.4. The van der Waals surface area contributed by atoms with E-state index in [1.807, 2.05) is 24.3 Å². The number of nitrogen functional groups attached to an aromatic ring is 1. The number of nitrogens with zero attached hydrogens (tertiary/aromatic N) is 2. The monoisotopic (exact) mass is 283 g/mol. The van der Waals surface area contributed by atoms with E-state index < -0.39 is 0 Å². The van der Waals surface area contributed by atoms with E-state index in [1.54, 1.807) is 14.0 Å². The van der Waals surface area contributed by atoms with Crippen LogP contribution in [0.5, 0.6) is 5.75 Å². The van der Waals surface area contributed by atoms with E-state index in [2.05, 4.69) is 9.97 Å². The molecule has 1 aromatic carbocycles. The Morgan fingerprint density at radius 2 is 2.00 bits per heavy atom. The summed E-state index contributed by atoms with van der Waals surface area (Å²) in [5.41, 5.74) is 8.79. The van der Waals surface area contributed by atoms with Gasteiger partial charge in [-0.1, -0.05) is 18.2 Å². The molecule has 0 fully saturated rings. The van der Waals surface area contributed by atoms with Crippen LogP contribution in [-0.4, -0.2) is 22.9 Å². The third-order valence-corrected chi connectivity index (χ3v) is 3.91. The Morgan fingerprint density at radius 1 is 1.24 bits per heavy atom. The lowest BCUT2D eigenvalue weighted by atomic mass is 9.81. The average Bonchev–Trinajstić information content (AvgIpc) is 2.45. The zero-order chi connectivity index (χ0) is 15.0. The Bertz CT molecular complexity index is 713. The minimum absolute atomic E-state index is 0.0647. The molecule has 0 saturated carbocycles. The molecule has 1 atom stereocenters. The molecule has 108 valence electrons. The zero-order valence-corrected chi connectivity index (χ0v) is 12.1. The highest BCUT2D eigenvalue weighted by atomic mass is 16.5. The average molecular weight is 283 g/mol. The summed E-state index contributed by atoms with van der Waals surface area (Å²) in [5.74, 6) is 1.16. The fourth-order valence-corrected chi connectivity index (χ4v) is 3.02. The molecular weight excluding hydrogens is 266 g/mol. The largest absolute Gasteiger partial charge is 0.496 e. The first-order valence-corrected chi connectivity index (χ1v) is 6.89. The van der Waals surface area contributed by atoms with Gasteiger partial charge in [-0.05, 0) is 25.0 Å². The van der Waals surface area contributed by atoms with Gasteiger partial charge in [0, 0.05) is 12.3 Å². The lowest BCUT2D eigenvalue weighted by molar-refractivity contribution is 0.0961. The Morgan fingerprint density at radius 3 is 2.76 bits per heavy atom. The summed E-state index contributed by atoms with van der Waals surface area (Å²) >= 11 is 0. The number of Topliss-reactive ketones (excluding diaryl/α,β-unsaturated/α-hetero) is 1. The first kappa shape index (κ1) is 13.5. The molecule has 2 N–H and O–H groups in total. The van der Waals surface area contributed by atoms with Gasteiger partial charge in [-0.2, -0.15) is 0 Å². The first-order valence-electron chi connectivity index (χ1n) is 6.89. The van der Waals surface area contributed by atoms with E-state index in [4.69, 9.17) is 10.5 Å². The minimum Gasteiger partial charge on any atom is -0.496 e. The van der Waals surface area contributed by atoms with Crippen molar-refractivity contribution in [3.63, 3.8) is 0 Å². The second-order valence-corrected chi connectivity index (χ2v) is 5.26. The van der Waals surface area contributed by atoms with Crippen LogP contribution in [0.3, 0.4) is 0 Å². The third kappa shape index (κ3) is 2.35. The second-order valence-electron chi connectivity index (χ2n) is 5.26. The quantitative estimate of drug-likeness (QED) is 0.914. The molecule has 21 heavy (non-hydrogen) atoms. The van der Waals surface area contributed by atoms with Crippen molar-refractivity contribution in [3.05, 3.63) is 46.8 Å². The van der Waals surface area contributed by atoms with Crippen LogP contribution in [0.2, 0.25) is 0 Å². The number of ketones is 1. The van der Waals surface area contributed by atoms with E-state index in [-0.39, 0.29) is 17.6 Å². The molecule has 1 aliphatic rings. The van der Waals surface area contributed by atoms with E-state index >= 15 is 0 Å². The van der Waals surface area contributed by atoms with Crippen LogP contribution in [0, 0.1) is 6.92 Å². The highest BCUT2D eigenvalue weighted by molar-refractivity contribution is 5.99. The Balaban J connectivity index is 2.04. The van der Waals surface area contributed by atoms with Gasteiger partial charge < -0.3 is 10.5 Å². The second kappa shape index (κ2) is 5.16. The fraction of sp³-hybridized carbons (Fsp3) is 0.312. The van der Waals surface area contributed by atoms with Crippen LogP contribution in [0.1, 0.15) is 39.6 Å². The molecule has 5 nitrogen and oxygen atoms in total. The van der Waals surface area contributed by atoms with Gasteiger partial charge in [-0.3, -0.25) is 4.79 Å². The third-order valence-electron chi connectivity index (χ3n) is 3.91. The lowest BCUT2D eigenvalue weighted by Gasteiger charge is -2.25. The summed E-state index contributed by atoms with van der Waals surface area (Å²) in [6.45, 7) is 1.80. The number of aryl methyl sites for hydroxylation is 1. The summed E-state index contributed by atoms with van der Waals surface area (Å²) in [7, 11) is 1.64. The molecule has 1 aromatic heterocycles. The predicted molar refractivity (Wildman–Crippen MR) is 79.6 cm³/mol. The fourth-order valence-electron chi connectivity index (χ4n) is 3.02. The molecule has 0 radical (unpaired) electrons. The minimum atomic E-state index is 0.0647. The summed E-state index contributed by atoms with van der Waals surface area (Å²) in [6.07, 6.45) is 1.12. The molecule has 0 amide bonds. The normalized spacial score (nSPS) is 17.4. The maximum absolute atomic E-state index is 12.4. The number of methoxy groups -OCH3 is 1. The van der Waals surface area contributed by atoms with Crippen molar-refractivity contribution >= 4 is 11.7 Å². The summed E-state index contributed by atoms with van der Waals surface area (Å²) < 4.78 is 5.40. The van der Waals surface area contributed by atoms with Gasteiger partial charge in [-0.25, -0.2) is 9.97 Å². The van der Waals surface area contributed by atoms with Gasteiger partial charge in [-0.15, -0.1) is 0 Å². The number of hydrogen-bond acceptors (Lipinski definition) is 5. The van der Waals surface area contributed by atoms with E-state index in [9.17, 15) is 4.79 Å². The molecule has 1 aliphatic carbocycles. The molecule has 1 unspecified atom stereocenters. The van der Waals surface area contributed by atoms with E-state index in [0.717, 1.165) is 17.0 Å². The Labute approximate surface area is 123 Å². The van der Waals surface area contributed by atoms with Crippen molar-refractivity contribution in [3.8, 4) is 5.75 Å².